The Hall–Kier alpha value is -1.89. The fraction of sp³-hybridized carbons (Fsp3) is 0.632. The SMILES string of the molecule is CC(C)(C)[C@@H]1CCc2sc(C(=O)NN=C3CCN(C(N)=O)CC3)cc2C1. The summed E-state index contributed by atoms with van der Waals surface area (Å²) in [5, 5.41) is 4.26. The molecule has 0 spiro atoms. The molecule has 2 aliphatic rings. The van der Waals surface area contributed by atoms with Gasteiger partial charge >= 0.3 is 6.03 Å². The van der Waals surface area contributed by atoms with Gasteiger partial charge in [-0.05, 0) is 42.2 Å². The fourth-order valence-corrected chi connectivity index (χ4v) is 4.75. The molecular weight excluding hydrogens is 348 g/mol. The largest absolute Gasteiger partial charge is 0.351 e. The molecule has 1 saturated heterocycles. The lowest BCUT2D eigenvalue weighted by atomic mass is 9.72. The van der Waals surface area contributed by atoms with Crippen molar-refractivity contribution in [3.05, 3.63) is 21.4 Å². The topological polar surface area (TPSA) is 87.8 Å². The summed E-state index contributed by atoms with van der Waals surface area (Å²) >= 11 is 1.60. The molecule has 0 saturated carbocycles. The molecule has 0 bridgehead atoms. The number of urea groups is 1. The number of primary amides is 1. The summed E-state index contributed by atoms with van der Waals surface area (Å²) in [4.78, 5) is 27.3. The quantitative estimate of drug-likeness (QED) is 0.777. The number of carbonyl (C=O) groups excluding carboxylic acids is 2. The summed E-state index contributed by atoms with van der Waals surface area (Å²) in [5.41, 5.74) is 10.5. The van der Waals surface area contributed by atoms with Crippen molar-refractivity contribution in [2.45, 2.75) is 52.9 Å². The van der Waals surface area contributed by atoms with Gasteiger partial charge in [0.25, 0.3) is 5.91 Å². The molecule has 0 radical (unpaired) electrons. The molecule has 0 aromatic carbocycles. The maximum Gasteiger partial charge on any atom is 0.314 e. The number of hydrazone groups is 1. The van der Waals surface area contributed by atoms with E-state index in [9.17, 15) is 9.59 Å². The maximum absolute atomic E-state index is 12.5. The second-order valence-electron chi connectivity index (χ2n) is 8.31. The minimum atomic E-state index is -0.397. The van der Waals surface area contributed by atoms with Crippen LogP contribution in [-0.4, -0.2) is 35.6 Å². The van der Waals surface area contributed by atoms with E-state index in [1.807, 2.05) is 6.07 Å². The second kappa shape index (κ2) is 7.39. The zero-order valence-electron chi connectivity index (χ0n) is 15.8. The Balaban J connectivity index is 1.59. The van der Waals surface area contributed by atoms with Crippen molar-refractivity contribution in [1.82, 2.24) is 10.3 Å². The number of nitrogens with one attached hydrogen (secondary N) is 1. The highest BCUT2D eigenvalue weighted by Crippen LogP contribution is 2.40. The van der Waals surface area contributed by atoms with Crippen molar-refractivity contribution in [3.63, 3.8) is 0 Å². The van der Waals surface area contributed by atoms with Gasteiger partial charge in [0, 0.05) is 36.5 Å². The smallest absolute Gasteiger partial charge is 0.314 e. The summed E-state index contributed by atoms with van der Waals surface area (Å²) in [6.07, 6.45) is 4.61. The number of likely N-dealkylation sites (tertiary alicyclic amines) is 1. The van der Waals surface area contributed by atoms with E-state index in [1.54, 1.807) is 16.2 Å². The number of amides is 3. The van der Waals surface area contributed by atoms with Gasteiger partial charge in [0.05, 0.1) is 4.88 Å². The lowest BCUT2D eigenvalue weighted by Crippen LogP contribution is -2.42. The van der Waals surface area contributed by atoms with Crippen molar-refractivity contribution < 1.29 is 9.59 Å². The van der Waals surface area contributed by atoms with Gasteiger partial charge in [-0.1, -0.05) is 20.8 Å². The van der Waals surface area contributed by atoms with Gasteiger partial charge in [0.1, 0.15) is 0 Å². The third-order valence-corrected chi connectivity index (χ3v) is 6.74. The van der Waals surface area contributed by atoms with Gasteiger partial charge in [-0.15, -0.1) is 11.3 Å². The number of nitrogens with zero attached hydrogens (tertiary/aromatic N) is 2. The molecule has 1 aromatic heterocycles. The van der Waals surface area contributed by atoms with Crippen molar-refractivity contribution in [2.24, 2.45) is 22.2 Å². The van der Waals surface area contributed by atoms with Crippen LogP contribution in [-0.2, 0) is 12.8 Å². The monoisotopic (exact) mass is 376 g/mol. The molecule has 6 nitrogen and oxygen atoms in total. The lowest BCUT2D eigenvalue weighted by Gasteiger charge is -2.33. The van der Waals surface area contributed by atoms with E-state index in [4.69, 9.17) is 5.73 Å². The number of nitrogens with two attached hydrogens (primary N) is 1. The third kappa shape index (κ3) is 4.26. The lowest BCUT2D eigenvalue weighted by molar-refractivity contribution is 0.0958. The summed E-state index contributed by atoms with van der Waals surface area (Å²) in [5.74, 6) is 0.526. The van der Waals surface area contributed by atoms with Crippen LogP contribution in [0.1, 0.15) is 60.1 Å². The summed E-state index contributed by atoms with van der Waals surface area (Å²) < 4.78 is 0. The number of hydrogen-bond acceptors (Lipinski definition) is 4. The van der Waals surface area contributed by atoms with E-state index >= 15 is 0 Å². The Labute approximate surface area is 158 Å². The first-order chi connectivity index (χ1) is 12.2. The van der Waals surface area contributed by atoms with Crippen LogP contribution in [0.2, 0.25) is 0 Å². The summed E-state index contributed by atoms with van der Waals surface area (Å²) in [6.45, 7) is 8.00. The highest BCUT2D eigenvalue weighted by atomic mass is 32.1. The normalized spacial score (nSPS) is 20.5. The predicted octanol–water partition coefficient (Wildman–Crippen LogP) is 3.16. The van der Waals surface area contributed by atoms with E-state index < -0.39 is 6.03 Å². The van der Waals surface area contributed by atoms with Crippen LogP contribution in [0.3, 0.4) is 0 Å². The van der Waals surface area contributed by atoms with Crippen LogP contribution >= 0.6 is 11.3 Å². The minimum Gasteiger partial charge on any atom is -0.351 e. The Morgan fingerprint density at radius 3 is 2.58 bits per heavy atom. The van der Waals surface area contributed by atoms with Gasteiger partial charge < -0.3 is 10.6 Å². The molecular formula is C19H28N4O2S. The van der Waals surface area contributed by atoms with E-state index in [0.717, 1.165) is 23.4 Å². The predicted molar refractivity (Wildman–Crippen MR) is 105 cm³/mol. The molecule has 1 fully saturated rings. The maximum atomic E-state index is 12.5. The zero-order valence-corrected chi connectivity index (χ0v) is 16.6. The standard InChI is InChI=1S/C19H28N4O2S/c1-19(2,3)13-4-5-15-12(10-13)11-16(26-15)17(24)22-21-14-6-8-23(9-7-14)18(20)25/h11,13H,4-10H2,1-3H3,(H2,20,25)(H,22,24)/t13-/m1/s1. The first kappa shape index (κ1) is 18.9. The van der Waals surface area contributed by atoms with Gasteiger partial charge in [-0.3, -0.25) is 4.79 Å². The van der Waals surface area contributed by atoms with Crippen molar-refractivity contribution in [3.8, 4) is 0 Å². The Kier molecular flexibility index (Phi) is 5.37. The summed E-state index contributed by atoms with van der Waals surface area (Å²) in [6, 6.07) is 1.65. The van der Waals surface area contributed by atoms with Crippen LogP contribution in [0.15, 0.2) is 11.2 Å². The molecule has 1 aromatic rings. The van der Waals surface area contributed by atoms with Crippen LogP contribution in [0.5, 0.6) is 0 Å². The third-order valence-electron chi connectivity index (χ3n) is 5.50. The average molecular weight is 377 g/mol. The molecule has 7 heteroatoms. The number of aryl methyl sites for hydroxylation is 1. The molecule has 3 rings (SSSR count). The van der Waals surface area contributed by atoms with Gasteiger partial charge in [-0.25, -0.2) is 10.2 Å². The van der Waals surface area contributed by atoms with Crippen LogP contribution in [0.4, 0.5) is 4.79 Å². The van der Waals surface area contributed by atoms with Crippen LogP contribution in [0.25, 0.3) is 0 Å². The molecule has 3 amide bonds. The Morgan fingerprint density at radius 2 is 1.96 bits per heavy atom. The van der Waals surface area contributed by atoms with Crippen LogP contribution in [0, 0.1) is 11.3 Å². The number of hydrogen-bond donors (Lipinski definition) is 2. The molecule has 26 heavy (non-hydrogen) atoms. The molecule has 1 atom stereocenters. The molecule has 142 valence electrons. The number of piperidine rings is 1. The fourth-order valence-electron chi connectivity index (χ4n) is 3.66. The van der Waals surface area contributed by atoms with Crippen molar-refractivity contribution in [2.75, 3.05) is 13.1 Å². The Bertz CT molecular complexity index is 722. The number of rotatable bonds is 2. The highest BCUT2D eigenvalue weighted by Gasteiger charge is 2.30. The van der Waals surface area contributed by atoms with Gasteiger partial charge in [0.15, 0.2) is 0 Å². The Morgan fingerprint density at radius 1 is 1.27 bits per heavy atom. The van der Waals surface area contributed by atoms with Gasteiger partial charge in [-0.2, -0.15) is 5.10 Å². The van der Waals surface area contributed by atoms with Crippen molar-refractivity contribution >= 4 is 29.0 Å². The first-order valence-electron chi connectivity index (χ1n) is 9.26. The number of fused-ring (bicyclic) bond motifs is 1. The zero-order chi connectivity index (χ0) is 18.9. The van der Waals surface area contributed by atoms with E-state index in [0.29, 0.717) is 37.3 Å². The summed E-state index contributed by atoms with van der Waals surface area (Å²) in [7, 11) is 0. The highest BCUT2D eigenvalue weighted by molar-refractivity contribution is 7.14. The molecule has 1 aliphatic carbocycles. The molecule has 2 heterocycles. The second-order valence-corrected chi connectivity index (χ2v) is 9.45. The van der Waals surface area contributed by atoms with Crippen molar-refractivity contribution in [1.29, 1.82) is 0 Å². The molecule has 1 aliphatic heterocycles. The van der Waals surface area contributed by atoms with E-state index in [1.165, 1.54) is 16.9 Å². The number of thiophene rings is 1. The molecule has 0 unspecified atom stereocenters. The number of carbonyl (C=O) groups is 2. The van der Waals surface area contributed by atoms with E-state index in [-0.39, 0.29) is 5.91 Å². The van der Waals surface area contributed by atoms with Crippen LogP contribution < -0.4 is 11.2 Å². The minimum absolute atomic E-state index is 0.137. The van der Waals surface area contributed by atoms with Gasteiger partial charge in [0.2, 0.25) is 0 Å². The first-order valence-corrected chi connectivity index (χ1v) is 10.1. The molecule has 3 N–H and O–H groups in total. The average Bonchev–Trinajstić information content (AvgIpc) is 3.02. The van der Waals surface area contributed by atoms with E-state index in [2.05, 4.69) is 31.3 Å².